The van der Waals surface area contributed by atoms with Gasteiger partial charge in [-0.3, -0.25) is 4.98 Å². The molecule has 2 aliphatic rings. The zero-order valence-electron chi connectivity index (χ0n) is 27.6. The number of benzene rings is 2. The lowest BCUT2D eigenvalue weighted by atomic mass is 9.90. The van der Waals surface area contributed by atoms with Crippen molar-refractivity contribution in [3.63, 3.8) is 0 Å². The number of ether oxygens (including phenoxy) is 1. The lowest BCUT2D eigenvalue weighted by Gasteiger charge is -2.18. The van der Waals surface area contributed by atoms with Crippen molar-refractivity contribution in [2.75, 3.05) is 18.2 Å². The summed E-state index contributed by atoms with van der Waals surface area (Å²) in [5, 5.41) is 11.1. The zero-order valence-corrected chi connectivity index (χ0v) is 29.3. The summed E-state index contributed by atoms with van der Waals surface area (Å²) >= 11 is 1.42. The standard InChI is InChI=1S/C37H34FN5O5S2/c1-19(2)25-18-50(45,46)34-31(30(36-42-43-37(44)48-36)27(40-32(25)34)13-9-20-7-10-22(38)11-8-20)29-17-21-15-16-39-35(33(21)49-29)41-26-14-12-24-23(26)5-4-6-28(24)47-3/h4-8,10-11,15-17,19,25-26H,9,12-14,18H2,1-3H3,(H,39,41)(H,43,44)/t25-,26-/m1/s1. The van der Waals surface area contributed by atoms with E-state index < -0.39 is 15.6 Å². The smallest absolute Gasteiger partial charge is 0.434 e. The van der Waals surface area contributed by atoms with Crippen molar-refractivity contribution in [2.45, 2.75) is 56.4 Å². The van der Waals surface area contributed by atoms with Crippen molar-refractivity contribution in [3.05, 3.63) is 105 Å². The number of nitrogens with zero attached hydrogens (tertiary/aromatic N) is 3. The van der Waals surface area contributed by atoms with Crippen LogP contribution in [0.1, 0.15) is 60.3 Å². The first-order chi connectivity index (χ1) is 24.1. The van der Waals surface area contributed by atoms with Gasteiger partial charge < -0.3 is 14.5 Å². The van der Waals surface area contributed by atoms with Gasteiger partial charge in [0.1, 0.15) is 17.4 Å². The highest BCUT2D eigenvalue weighted by atomic mass is 32.2. The van der Waals surface area contributed by atoms with Crippen LogP contribution in [0.15, 0.2) is 74.9 Å². The van der Waals surface area contributed by atoms with Crippen molar-refractivity contribution in [2.24, 2.45) is 5.92 Å². The normalized spacial score (nSPS) is 17.7. The molecule has 0 unspecified atom stereocenters. The van der Waals surface area contributed by atoms with Crippen molar-refractivity contribution >= 4 is 37.1 Å². The molecule has 8 rings (SSSR count). The maximum Gasteiger partial charge on any atom is 0.434 e. The van der Waals surface area contributed by atoms with E-state index in [-0.39, 0.29) is 40.2 Å². The Bertz CT molecular complexity index is 2440. The second-order valence-corrected chi connectivity index (χ2v) is 16.2. The second-order valence-electron chi connectivity index (χ2n) is 13.2. The number of anilines is 1. The lowest BCUT2D eigenvalue weighted by Crippen LogP contribution is -2.11. The van der Waals surface area contributed by atoms with E-state index in [0.29, 0.717) is 46.1 Å². The quantitative estimate of drug-likeness (QED) is 0.159. The Balaban J connectivity index is 1.31. The monoisotopic (exact) mass is 711 g/mol. The zero-order chi connectivity index (χ0) is 34.7. The molecule has 2 atom stereocenters. The fourth-order valence-corrected chi connectivity index (χ4v) is 10.8. The van der Waals surface area contributed by atoms with E-state index in [9.17, 15) is 17.6 Å². The third-order valence-corrected chi connectivity index (χ3v) is 12.8. The number of hydrogen-bond donors (Lipinski definition) is 2. The molecule has 0 radical (unpaired) electrons. The van der Waals surface area contributed by atoms with Crippen LogP contribution < -0.4 is 15.8 Å². The highest BCUT2D eigenvalue weighted by Gasteiger charge is 2.43. The van der Waals surface area contributed by atoms with Gasteiger partial charge in [-0.15, -0.1) is 16.4 Å². The van der Waals surface area contributed by atoms with E-state index in [1.807, 2.05) is 38.1 Å². The first-order valence-electron chi connectivity index (χ1n) is 16.5. The first kappa shape index (κ1) is 32.3. The Morgan fingerprint density at radius 2 is 1.94 bits per heavy atom. The van der Waals surface area contributed by atoms with E-state index in [4.69, 9.17) is 19.1 Å². The number of pyridine rings is 2. The summed E-state index contributed by atoms with van der Waals surface area (Å²) in [5.74, 6) is 0.0268. The molecule has 5 heterocycles. The fraction of sp³-hybridized carbons (Fsp3) is 0.297. The third-order valence-electron chi connectivity index (χ3n) is 9.77. The number of fused-ring (bicyclic) bond motifs is 3. The van der Waals surface area contributed by atoms with Crippen LogP contribution in [0.3, 0.4) is 0 Å². The minimum atomic E-state index is -3.80. The summed E-state index contributed by atoms with van der Waals surface area (Å²) in [6, 6.07) is 16.2. The summed E-state index contributed by atoms with van der Waals surface area (Å²) in [7, 11) is -2.11. The molecule has 0 bridgehead atoms. The molecule has 6 aromatic rings. The molecule has 50 heavy (non-hydrogen) atoms. The molecule has 2 N–H and O–H groups in total. The minimum Gasteiger partial charge on any atom is -0.496 e. The molecule has 0 spiro atoms. The number of thiophene rings is 1. The van der Waals surface area contributed by atoms with Gasteiger partial charge >= 0.3 is 5.76 Å². The fourth-order valence-electron chi connectivity index (χ4n) is 7.33. The van der Waals surface area contributed by atoms with Crippen LogP contribution in [0.2, 0.25) is 0 Å². The Morgan fingerprint density at radius 3 is 2.68 bits per heavy atom. The lowest BCUT2D eigenvalue weighted by molar-refractivity contribution is 0.410. The van der Waals surface area contributed by atoms with Gasteiger partial charge in [-0.25, -0.2) is 27.7 Å². The largest absolute Gasteiger partial charge is 0.496 e. The molecule has 0 saturated carbocycles. The van der Waals surface area contributed by atoms with Crippen molar-refractivity contribution in [3.8, 4) is 27.6 Å². The third kappa shape index (κ3) is 5.58. The minimum absolute atomic E-state index is 0.000753. The SMILES string of the molecule is COc1cccc2c1CC[C@H]2Nc1nccc2cc(-c3c(-c4n[nH]c(=O)o4)c(CCc4ccc(F)cc4)nc4c3S(=O)(=O)C[C@@H]4C(C)C)sc12. The molecule has 0 amide bonds. The number of aromatic nitrogens is 4. The van der Waals surface area contributed by atoms with Gasteiger partial charge in [0, 0.05) is 22.6 Å². The number of methoxy groups -OCH3 is 1. The molecule has 256 valence electrons. The predicted octanol–water partition coefficient (Wildman–Crippen LogP) is 7.26. The Labute approximate surface area is 291 Å². The highest BCUT2D eigenvalue weighted by Crippen LogP contribution is 2.51. The van der Waals surface area contributed by atoms with E-state index in [1.165, 1.54) is 34.6 Å². The maximum absolute atomic E-state index is 14.1. The predicted molar refractivity (Wildman–Crippen MR) is 190 cm³/mol. The summed E-state index contributed by atoms with van der Waals surface area (Å²) in [6.45, 7) is 3.99. The van der Waals surface area contributed by atoms with Gasteiger partial charge in [0.15, 0.2) is 9.84 Å². The number of aromatic amines is 1. The maximum atomic E-state index is 14.1. The number of hydrogen-bond acceptors (Lipinski definition) is 10. The Morgan fingerprint density at radius 1 is 1.12 bits per heavy atom. The van der Waals surface area contributed by atoms with Crippen LogP contribution in [0.5, 0.6) is 5.75 Å². The van der Waals surface area contributed by atoms with Crippen molar-refractivity contribution in [1.82, 2.24) is 20.2 Å². The summed E-state index contributed by atoms with van der Waals surface area (Å²) in [5.41, 5.74) is 5.06. The number of nitrogens with one attached hydrogen (secondary N) is 2. The Hall–Kier alpha value is -4.88. The van der Waals surface area contributed by atoms with Gasteiger partial charge in [0.2, 0.25) is 0 Å². The van der Waals surface area contributed by atoms with Crippen molar-refractivity contribution < 1.29 is 22.0 Å². The highest BCUT2D eigenvalue weighted by molar-refractivity contribution is 7.92. The topological polar surface area (TPSA) is 140 Å². The Kier molecular flexibility index (Phi) is 8.06. The van der Waals surface area contributed by atoms with Gasteiger partial charge in [0.05, 0.1) is 45.5 Å². The van der Waals surface area contributed by atoms with Gasteiger partial charge in [0.25, 0.3) is 5.89 Å². The van der Waals surface area contributed by atoms with E-state index in [2.05, 4.69) is 21.6 Å². The number of sulfone groups is 1. The molecule has 13 heteroatoms. The average Bonchev–Trinajstić information content (AvgIpc) is 3.89. The molecule has 4 aromatic heterocycles. The average molecular weight is 712 g/mol. The van der Waals surface area contributed by atoms with Crippen LogP contribution in [0, 0.1) is 11.7 Å². The van der Waals surface area contributed by atoms with Crippen LogP contribution in [-0.2, 0) is 29.1 Å². The molecule has 1 aliphatic carbocycles. The summed E-state index contributed by atoms with van der Waals surface area (Å²) < 4.78 is 54.0. The number of aryl methyl sites for hydroxylation is 2. The van der Waals surface area contributed by atoms with Gasteiger partial charge in [-0.2, -0.15) is 0 Å². The molecule has 1 aliphatic heterocycles. The van der Waals surface area contributed by atoms with E-state index in [1.54, 1.807) is 25.4 Å². The summed E-state index contributed by atoms with van der Waals surface area (Å²) in [4.78, 5) is 22.9. The number of H-pyrrole nitrogens is 1. The summed E-state index contributed by atoms with van der Waals surface area (Å²) in [6.07, 6.45) is 4.35. The molecule has 0 fully saturated rings. The van der Waals surface area contributed by atoms with Crippen LogP contribution >= 0.6 is 11.3 Å². The van der Waals surface area contributed by atoms with Crippen LogP contribution in [0.25, 0.3) is 32.0 Å². The van der Waals surface area contributed by atoms with Crippen molar-refractivity contribution in [1.29, 1.82) is 0 Å². The molecular formula is C37H34FN5O5S2. The molecule has 10 nitrogen and oxygen atoms in total. The molecule has 0 saturated heterocycles. The van der Waals surface area contributed by atoms with Crippen LogP contribution in [-0.4, -0.2) is 41.4 Å². The van der Waals surface area contributed by atoms with Gasteiger partial charge in [-0.1, -0.05) is 38.1 Å². The molecule has 2 aromatic carbocycles. The van der Waals surface area contributed by atoms with E-state index in [0.717, 1.165) is 34.2 Å². The number of rotatable bonds is 9. The second kappa shape index (κ2) is 12.5. The first-order valence-corrected chi connectivity index (χ1v) is 19.0. The number of halogens is 1. The van der Waals surface area contributed by atoms with Gasteiger partial charge in [-0.05, 0) is 84.0 Å². The van der Waals surface area contributed by atoms with Crippen LogP contribution in [0.4, 0.5) is 10.2 Å². The molecular weight excluding hydrogens is 678 g/mol. The van der Waals surface area contributed by atoms with E-state index >= 15 is 0 Å².